The van der Waals surface area contributed by atoms with Crippen molar-refractivity contribution in [3.63, 3.8) is 0 Å². The molecule has 0 heterocycles. The summed E-state index contributed by atoms with van der Waals surface area (Å²) in [5.74, 6) is 2.56. The highest BCUT2D eigenvalue weighted by Crippen LogP contribution is 2.41. The molecule has 1 aromatic rings. The van der Waals surface area contributed by atoms with Gasteiger partial charge >= 0.3 is 0 Å². The molecule has 1 unspecified atom stereocenters. The largest absolute Gasteiger partial charge is 0.493 e. The van der Waals surface area contributed by atoms with Crippen LogP contribution in [0.15, 0.2) is 24.3 Å². The Morgan fingerprint density at radius 3 is 2.11 bits per heavy atom. The molecule has 3 nitrogen and oxygen atoms in total. The monoisotopic (exact) mass is 248 g/mol. The summed E-state index contributed by atoms with van der Waals surface area (Å²) in [5.41, 5.74) is 1.22. The predicted molar refractivity (Wildman–Crippen MR) is 71.8 cm³/mol. The summed E-state index contributed by atoms with van der Waals surface area (Å²) >= 11 is 0. The van der Waals surface area contributed by atoms with Crippen LogP contribution in [-0.4, -0.2) is 21.3 Å². The van der Waals surface area contributed by atoms with Gasteiger partial charge in [-0.1, -0.05) is 12.2 Å². The molecule has 1 aliphatic rings. The standard InChI is InChI=1S/C15H20O3/c1-16-13-9-12(11-7-5-4-6-8-11)10-14(17-2)15(13)18-3/h5,7,9-11H,4,6,8H2,1-3H3. The fourth-order valence-electron chi connectivity index (χ4n) is 2.41. The van der Waals surface area contributed by atoms with E-state index < -0.39 is 0 Å². The van der Waals surface area contributed by atoms with Crippen molar-refractivity contribution in [2.45, 2.75) is 25.2 Å². The maximum atomic E-state index is 5.38. The van der Waals surface area contributed by atoms with Gasteiger partial charge in [0.15, 0.2) is 11.5 Å². The Morgan fingerprint density at radius 2 is 1.67 bits per heavy atom. The fraction of sp³-hybridized carbons (Fsp3) is 0.467. The third-order valence-corrected chi connectivity index (χ3v) is 3.37. The maximum absolute atomic E-state index is 5.38. The first-order chi connectivity index (χ1) is 8.80. The minimum atomic E-state index is 0.451. The molecule has 0 bridgehead atoms. The number of ether oxygens (including phenoxy) is 3. The second-order valence-corrected chi connectivity index (χ2v) is 4.42. The smallest absolute Gasteiger partial charge is 0.203 e. The van der Waals surface area contributed by atoms with Crippen molar-refractivity contribution in [2.75, 3.05) is 21.3 Å². The average Bonchev–Trinajstić information content (AvgIpc) is 2.46. The lowest BCUT2D eigenvalue weighted by Crippen LogP contribution is -2.02. The van der Waals surface area contributed by atoms with Crippen LogP contribution >= 0.6 is 0 Å². The zero-order chi connectivity index (χ0) is 13.0. The van der Waals surface area contributed by atoms with E-state index in [1.54, 1.807) is 21.3 Å². The normalized spacial score (nSPS) is 18.5. The van der Waals surface area contributed by atoms with Crippen LogP contribution in [-0.2, 0) is 0 Å². The molecule has 3 heteroatoms. The summed E-state index contributed by atoms with van der Waals surface area (Å²) in [4.78, 5) is 0. The molecule has 0 aromatic heterocycles. The Labute approximate surface area is 108 Å². The molecule has 1 aromatic carbocycles. The van der Waals surface area contributed by atoms with Gasteiger partial charge in [0.2, 0.25) is 5.75 Å². The summed E-state index contributed by atoms with van der Waals surface area (Å²) in [6.45, 7) is 0. The van der Waals surface area contributed by atoms with Gasteiger partial charge < -0.3 is 14.2 Å². The van der Waals surface area contributed by atoms with Crippen molar-refractivity contribution in [1.29, 1.82) is 0 Å². The van der Waals surface area contributed by atoms with E-state index in [2.05, 4.69) is 12.2 Å². The fourth-order valence-corrected chi connectivity index (χ4v) is 2.41. The molecule has 2 rings (SSSR count). The topological polar surface area (TPSA) is 27.7 Å². The first-order valence-corrected chi connectivity index (χ1v) is 6.26. The van der Waals surface area contributed by atoms with E-state index in [1.807, 2.05) is 12.1 Å². The number of benzene rings is 1. The summed E-state index contributed by atoms with van der Waals surface area (Å²) in [7, 11) is 4.93. The van der Waals surface area contributed by atoms with Crippen LogP contribution in [0.1, 0.15) is 30.7 Å². The van der Waals surface area contributed by atoms with Gasteiger partial charge in [-0.15, -0.1) is 0 Å². The van der Waals surface area contributed by atoms with Crippen LogP contribution < -0.4 is 14.2 Å². The predicted octanol–water partition coefficient (Wildman–Crippen LogP) is 3.54. The number of hydrogen-bond acceptors (Lipinski definition) is 3. The van der Waals surface area contributed by atoms with Crippen LogP contribution in [0.2, 0.25) is 0 Å². The van der Waals surface area contributed by atoms with E-state index in [0.717, 1.165) is 11.5 Å². The van der Waals surface area contributed by atoms with Crippen LogP contribution in [0, 0.1) is 0 Å². The summed E-state index contributed by atoms with van der Waals surface area (Å²) < 4.78 is 16.1. The van der Waals surface area contributed by atoms with E-state index in [9.17, 15) is 0 Å². The lowest BCUT2D eigenvalue weighted by Gasteiger charge is -2.20. The van der Waals surface area contributed by atoms with Gasteiger partial charge in [0.05, 0.1) is 21.3 Å². The summed E-state index contributed by atoms with van der Waals surface area (Å²) in [6.07, 6.45) is 8.11. The molecule has 1 atom stereocenters. The van der Waals surface area contributed by atoms with Crippen molar-refractivity contribution in [2.24, 2.45) is 0 Å². The van der Waals surface area contributed by atoms with Crippen molar-refractivity contribution < 1.29 is 14.2 Å². The highest BCUT2D eigenvalue weighted by molar-refractivity contribution is 5.55. The minimum absolute atomic E-state index is 0.451. The molecule has 0 radical (unpaired) electrons. The Bertz CT molecular complexity index is 412. The second kappa shape index (κ2) is 5.80. The quantitative estimate of drug-likeness (QED) is 0.763. The molecule has 0 N–H and O–H groups in total. The first kappa shape index (κ1) is 12.8. The molecule has 0 fully saturated rings. The van der Waals surface area contributed by atoms with Crippen molar-refractivity contribution >= 4 is 0 Å². The van der Waals surface area contributed by atoms with Crippen LogP contribution in [0.5, 0.6) is 17.2 Å². The van der Waals surface area contributed by atoms with Crippen molar-refractivity contribution in [3.05, 3.63) is 29.8 Å². The van der Waals surface area contributed by atoms with Crippen LogP contribution in [0.25, 0.3) is 0 Å². The highest BCUT2D eigenvalue weighted by Gasteiger charge is 2.18. The van der Waals surface area contributed by atoms with E-state index >= 15 is 0 Å². The lowest BCUT2D eigenvalue weighted by molar-refractivity contribution is 0.323. The molecule has 0 amide bonds. The first-order valence-electron chi connectivity index (χ1n) is 6.26. The number of methoxy groups -OCH3 is 3. The molecule has 18 heavy (non-hydrogen) atoms. The third kappa shape index (κ3) is 2.45. The molecular formula is C15H20O3. The zero-order valence-corrected chi connectivity index (χ0v) is 11.2. The van der Waals surface area contributed by atoms with Crippen molar-refractivity contribution in [1.82, 2.24) is 0 Å². The van der Waals surface area contributed by atoms with Gasteiger partial charge in [0.25, 0.3) is 0 Å². The molecule has 0 spiro atoms. The summed E-state index contributed by atoms with van der Waals surface area (Å²) in [5, 5.41) is 0. The Hall–Kier alpha value is -1.64. The Balaban J connectivity index is 2.42. The van der Waals surface area contributed by atoms with Gasteiger partial charge in [-0.2, -0.15) is 0 Å². The zero-order valence-electron chi connectivity index (χ0n) is 11.2. The van der Waals surface area contributed by atoms with E-state index in [0.29, 0.717) is 11.7 Å². The lowest BCUT2D eigenvalue weighted by atomic mass is 9.89. The molecular weight excluding hydrogens is 228 g/mol. The molecule has 0 saturated carbocycles. The Kier molecular flexibility index (Phi) is 4.13. The molecule has 0 aliphatic heterocycles. The summed E-state index contributed by atoms with van der Waals surface area (Å²) in [6, 6.07) is 4.09. The number of hydrogen-bond donors (Lipinski definition) is 0. The highest BCUT2D eigenvalue weighted by atomic mass is 16.5. The van der Waals surface area contributed by atoms with Crippen LogP contribution in [0.3, 0.4) is 0 Å². The van der Waals surface area contributed by atoms with E-state index in [-0.39, 0.29) is 0 Å². The van der Waals surface area contributed by atoms with Crippen LogP contribution in [0.4, 0.5) is 0 Å². The SMILES string of the molecule is COc1cc(C2C=CCCC2)cc(OC)c1OC. The number of allylic oxidation sites excluding steroid dienone is 2. The number of rotatable bonds is 4. The minimum Gasteiger partial charge on any atom is -0.493 e. The molecule has 0 saturated heterocycles. The average molecular weight is 248 g/mol. The van der Waals surface area contributed by atoms with Gasteiger partial charge in [-0.05, 0) is 37.0 Å². The van der Waals surface area contributed by atoms with E-state index in [4.69, 9.17) is 14.2 Å². The third-order valence-electron chi connectivity index (χ3n) is 3.37. The maximum Gasteiger partial charge on any atom is 0.203 e. The van der Waals surface area contributed by atoms with E-state index in [1.165, 1.54) is 24.8 Å². The Morgan fingerprint density at radius 1 is 1.00 bits per heavy atom. The molecule has 98 valence electrons. The van der Waals surface area contributed by atoms with Gasteiger partial charge in [-0.3, -0.25) is 0 Å². The van der Waals surface area contributed by atoms with Gasteiger partial charge in [0.1, 0.15) is 0 Å². The van der Waals surface area contributed by atoms with Gasteiger partial charge in [0, 0.05) is 5.92 Å². The second-order valence-electron chi connectivity index (χ2n) is 4.42. The van der Waals surface area contributed by atoms with Crippen molar-refractivity contribution in [3.8, 4) is 17.2 Å². The van der Waals surface area contributed by atoms with Gasteiger partial charge in [-0.25, -0.2) is 0 Å². The molecule has 1 aliphatic carbocycles.